The molecule has 2 aliphatic heterocycles. The molecule has 0 spiro atoms. The first-order valence-electron chi connectivity index (χ1n) is 9.35. The summed E-state index contributed by atoms with van der Waals surface area (Å²) < 4.78 is 7.82. The van der Waals surface area contributed by atoms with E-state index in [1.165, 1.54) is 5.56 Å². The average molecular weight is 345 g/mol. The Bertz CT molecular complexity index is 1060. The minimum atomic E-state index is 0.156. The average Bonchev–Trinajstić information content (AvgIpc) is 3.30. The molecule has 3 aliphatic rings. The van der Waals surface area contributed by atoms with Gasteiger partial charge in [-0.2, -0.15) is 0 Å². The van der Waals surface area contributed by atoms with E-state index in [4.69, 9.17) is 4.74 Å². The predicted octanol–water partition coefficient (Wildman–Crippen LogP) is 3.26. The van der Waals surface area contributed by atoms with Gasteiger partial charge in [-0.15, -0.1) is 0 Å². The van der Waals surface area contributed by atoms with Gasteiger partial charge in [-0.1, -0.05) is 6.07 Å². The molecule has 26 heavy (non-hydrogen) atoms. The highest BCUT2D eigenvalue weighted by molar-refractivity contribution is 6.09. The van der Waals surface area contributed by atoms with Crippen molar-refractivity contribution in [1.29, 1.82) is 0 Å². The number of ether oxygens (including phenoxy) is 1. The number of benzene rings is 1. The maximum absolute atomic E-state index is 13.3. The molecule has 0 radical (unpaired) electrons. The van der Waals surface area contributed by atoms with Gasteiger partial charge in [-0.05, 0) is 48.2 Å². The first kappa shape index (κ1) is 14.4. The van der Waals surface area contributed by atoms with Gasteiger partial charge in [0.1, 0.15) is 11.4 Å². The Kier molecular flexibility index (Phi) is 2.82. The molecule has 3 aromatic rings. The second-order valence-corrected chi connectivity index (χ2v) is 7.40. The third kappa shape index (κ3) is 1.91. The van der Waals surface area contributed by atoms with E-state index in [0.29, 0.717) is 6.04 Å². The Labute approximate surface area is 151 Å². The Hall–Kier alpha value is -2.82. The predicted molar refractivity (Wildman–Crippen MR) is 98.4 cm³/mol. The van der Waals surface area contributed by atoms with Crippen molar-refractivity contribution in [2.45, 2.75) is 31.8 Å². The molecule has 4 heterocycles. The van der Waals surface area contributed by atoms with E-state index in [-0.39, 0.29) is 5.91 Å². The molecular weight excluding hydrogens is 326 g/mol. The first-order chi connectivity index (χ1) is 12.8. The van der Waals surface area contributed by atoms with E-state index in [0.717, 1.165) is 72.6 Å². The summed E-state index contributed by atoms with van der Waals surface area (Å²) >= 11 is 0. The number of amides is 1. The van der Waals surface area contributed by atoms with Crippen molar-refractivity contribution in [2.75, 3.05) is 13.2 Å². The van der Waals surface area contributed by atoms with Crippen LogP contribution in [-0.2, 0) is 13.0 Å². The highest BCUT2D eigenvalue weighted by atomic mass is 16.5. The number of hydrogen-bond donors (Lipinski definition) is 0. The molecule has 0 atom stereocenters. The summed E-state index contributed by atoms with van der Waals surface area (Å²) in [6, 6.07) is 10.7. The summed E-state index contributed by atoms with van der Waals surface area (Å²) in [4.78, 5) is 20.1. The molecule has 130 valence electrons. The fourth-order valence-corrected chi connectivity index (χ4v) is 4.42. The van der Waals surface area contributed by atoms with E-state index in [1.807, 2.05) is 18.3 Å². The molecule has 5 heteroatoms. The SMILES string of the molecule is O=C1c2c(-c3ccc4c(c3)CCO4)c3ncccc3n2CCN1C1CC1. The van der Waals surface area contributed by atoms with E-state index in [9.17, 15) is 4.79 Å². The van der Waals surface area contributed by atoms with Crippen molar-refractivity contribution in [3.05, 3.63) is 47.8 Å². The lowest BCUT2D eigenvalue weighted by Gasteiger charge is -2.29. The fourth-order valence-electron chi connectivity index (χ4n) is 4.42. The monoisotopic (exact) mass is 345 g/mol. The maximum Gasteiger partial charge on any atom is 0.271 e. The lowest BCUT2D eigenvalue weighted by molar-refractivity contribution is 0.0694. The zero-order valence-electron chi connectivity index (χ0n) is 14.4. The molecule has 1 aliphatic carbocycles. The minimum Gasteiger partial charge on any atom is -0.493 e. The number of hydrogen-bond acceptors (Lipinski definition) is 3. The van der Waals surface area contributed by atoms with Crippen LogP contribution in [0.5, 0.6) is 5.75 Å². The molecule has 1 amide bonds. The van der Waals surface area contributed by atoms with Crippen LogP contribution in [0.4, 0.5) is 0 Å². The van der Waals surface area contributed by atoms with Gasteiger partial charge in [0.2, 0.25) is 0 Å². The number of rotatable bonds is 2. The largest absolute Gasteiger partial charge is 0.493 e. The summed E-state index contributed by atoms with van der Waals surface area (Å²) in [6.45, 7) is 2.38. The van der Waals surface area contributed by atoms with Gasteiger partial charge in [-0.25, -0.2) is 0 Å². The summed E-state index contributed by atoms with van der Waals surface area (Å²) in [5, 5.41) is 0. The summed E-state index contributed by atoms with van der Waals surface area (Å²) in [5.74, 6) is 1.12. The Balaban J connectivity index is 1.62. The third-order valence-corrected chi connectivity index (χ3v) is 5.81. The van der Waals surface area contributed by atoms with E-state index in [1.54, 1.807) is 0 Å². The van der Waals surface area contributed by atoms with Gasteiger partial charge in [0.15, 0.2) is 0 Å². The zero-order valence-corrected chi connectivity index (χ0v) is 14.4. The smallest absolute Gasteiger partial charge is 0.271 e. The first-order valence-corrected chi connectivity index (χ1v) is 9.35. The van der Waals surface area contributed by atoms with Crippen molar-refractivity contribution < 1.29 is 9.53 Å². The Morgan fingerprint density at radius 2 is 2.08 bits per heavy atom. The number of carbonyl (C=O) groups excluding carboxylic acids is 1. The molecule has 2 aromatic heterocycles. The topological polar surface area (TPSA) is 47.4 Å². The summed E-state index contributed by atoms with van der Waals surface area (Å²) in [7, 11) is 0. The van der Waals surface area contributed by atoms with Gasteiger partial charge in [0, 0.05) is 37.3 Å². The normalized spacial score (nSPS) is 18.8. The van der Waals surface area contributed by atoms with Gasteiger partial charge in [0.25, 0.3) is 5.91 Å². The number of pyridine rings is 1. The molecule has 0 unspecified atom stereocenters. The standard InChI is InChI=1S/C21H19N3O2/c25-21-20-18(14-3-6-17-13(12-14)7-11-26-17)19-16(2-1-8-22-19)24(20)10-9-23(21)15-4-5-15/h1-3,6,8,12,15H,4-5,7,9-11H2. The zero-order chi connectivity index (χ0) is 17.3. The lowest BCUT2D eigenvalue weighted by atomic mass is 10.00. The Morgan fingerprint density at radius 3 is 2.96 bits per heavy atom. The molecule has 1 fully saturated rings. The van der Waals surface area contributed by atoms with Gasteiger partial charge in [0.05, 0.1) is 17.6 Å². The quantitative estimate of drug-likeness (QED) is 0.716. The van der Waals surface area contributed by atoms with Crippen LogP contribution in [0, 0.1) is 0 Å². The van der Waals surface area contributed by atoms with Crippen LogP contribution in [-0.4, -0.2) is 39.6 Å². The molecule has 1 saturated carbocycles. The van der Waals surface area contributed by atoms with Gasteiger partial charge < -0.3 is 14.2 Å². The van der Waals surface area contributed by atoms with Crippen molar-refractivity contribution >= 4 is 16.9 Å². The number of carbonyl (C=O) groups is 1. The summed E-state index contributed by atoms with van der Waals surface area (Å²) in [6.07, 6.45) is 5.01. The number of aromatic nitrogens is 2. The van der Waals surface area contributed by atoms with Crippen LogP contribution in [0.15, 0.2) is 36.5 Å². The van der Waals surface area contributed by atoms with Crippen LogP contribution in [0.1, 0.15) is 28.9 Å². The van der Waals surface area contributed by atoms with Crippen LogP contribution in [0.3, 0.4) is 0 Å². The van der Waals surface area contributed by atoms with E-state index >= 15 is 0 Å². The van der Waals surface area contributed by atoms with Crippen molar-refractivity contribution in [3.8, 4) is 16.9 Å². The Morgan fingerprint density at radius 1 is 1.15 bits per heavy atom. The molecule has 0 N–H and O–H groups in total. The fraction of sp³-hybridized carbons (Fsp3) is 0.333. The molecular formula is C21H19N3O2. The lowest BCUT2D eigenvalue weighted by Crippen LogP contribution is -2.41. The second-order valence-electron chi connectivity index (χ2n) is 7.40. The van der Waals surface area contributed by atoms with E-state index in [2.05, 4.69) is 32.7 Å². The highest BCUT2D eigenvalue weighted by Gasteiger charge is 2.39. The number of fused-ring (bicyclic) bond motifs is 4. The molecule has 0 saturated heterocycles. The molecule has 1 aromatic carbocycles. The van der Waals surface area contributed by atoms with Crippen molar-refractivity contribution in [1.82, 2.24) is 14.5 Å². The maximum atomic E-state index is 13.3. The second kappa shape index (κ2) is 5.10. The van der Waals surface area contributed by atoms with Crippen LogP contribution < -0.4 is 4.74 Å². The van der Waals surface area contributed by atoms with Crippen LogP contribution in [0.2, 0.25) is 0 Å². The summed E-state index contributed by atoms with van der Waals surface area (Å²) in [5.41, 5.74) is 6.04. The molecule has 0 bridgehead atoms. The molecule has 5 nitrogen and oxygen atoms in total. The van der Waals surface area contributed by atoms with Gasteiger partial charge in [-0.3, -0.25) is 9.78 Å². The van der Waals surface area contributed by atoms with Gasteiger partial charge >= 0.3 is 0 Å². The van der Waals surface area contributed by atoms with Crippen LogP contribution in [0.25, 0.3) is 22.2 Å². The molecule has 6 rings (SSSR count). The third-order valence-electron chi connectivity index (χ3n) is 5.81. The van der Waals surface area contributed by atoms with Crippen molar-refractivity contribution in [2.24, 2.45) is 0 Å². The van der Waals surface area contributed by atoms with Crippen molar-refractivity contribution in [3.63, 3.8) is 0 Å². The highest BCUT2D eigenvalue weighted by Crippen LogP contribution is 2.40. The minimum absolute atomic E-state index is 0.156. The van der Waals surface area contributed by atoms with Crippen LogP contribution >= 0.6 is 0 Å². The number of nitrogens with zero attached hydrogens (tertiary/aromatic N) is 3. The van der Waals surface area contributed by atoms with E-state index < -0.39 is 0 Å².